The monoisotopic (exact) mass is 709 g/mol. The average molecular weight is 710 g/mol. The van der Waals surface area contributed by atoms with E-state index in [-0.39, 0.29) is 29.8 Å². The van der Waals surface area contributed by atoms with Crippen molar-refractivity contribution in [2.45, 2.75) is 50.7 Å². The first kappa shape index (κ1) is 32.2. The van der Waals surface area contributed by atoms with Gasteiger partial charge in [0.25, 0.3) is 10.0 Å². The van der Waals surface area contributed by atoms with Gasteiger partial charge in [-0.3, -0.25) is 13.9 Å². The van der Waals surface area contributed by atoms with E-state index in [0.29, 0.717) is 5.69 Å². The van der Waals surface area contributed by atoms with E-state index in [0.717, 1.165) is 24.6 Å². The van der Waals surface area contributed by atoms with E-state index in [9.17, 15) is 18.0 Å². The molecule has 0 saturated carbocycles. The minimum atomic E-state index is -4.12. The number of anilines is 1. The Bertz CT molecular complexity index is 1630. The highest BCUT2D eigenvalue weighted by Crippen LogP contribution is 2.26. The fourth-order valence-corrected chi connectivity index (χ4v) is 6.59. The van der Waals surface area contributed by atoms with Gasteiger partial charge in [0, 0.05) is 22.6 Å². The molecule has 0 bridgehead atoms. The normalized spacial score (nSPS) is 12.0. The number of hydrogen-bond acceptors (Lipinski definition) is 4. The van der Waals surface area contributed by atoms with Crippen LogP contribution in [0, 0.1) is 10.5 Å². The number of rotatable bonds is 12. The number of nitrogens with zero attached hydrogens (tertiary/aromatic N) is 2. The fourth-order valence-electron chi connectivity index (χ4n) is 4.80. The number of nitrogens with one attached hydrogen (secondary N) is 1. The summed E-state index contributed by atoms with van der Waals surface area (Å²) in [5, 5.41) is 2.98. The van der Waals surface area contributed by atoms with Gasteiger partial charge >= 0.3 is 0 Å². The third kappa shape index (κ3) is 8.67. The van der Waals surface area contributed by atoms with Crippen LogP contribution < -0.4 is 9.62 Å². The van der Waals surface area contributed by atoms with E-state index < -0.39 is 28.5 Å². The number of carbonyl (C=O) groups is 2. The van der Waals surface area contributed by atoms with Crippen LogP contribution in [0.15, 0.2) is 114 Å². The topological polar surface area (TPSA) is 86.8 Å². The molecule has 1 N–H and O–H groups in total. The third-order valence-electron chi connectivity index (χ3n) is 6.86. The zero-order valence-electron chi connectivity index (χ0n) is 24.5. The number of benzene rings is 4. The Labute approximate surface area is 268 Å². The van der Waals surface area contributed by atoms with Gasteiger partial charge in [0.05, 0.1) is 10.6 Å². The van der Waals surface area contributed by atoms with Crippen LogP contribution in [0.1, 0.15) is 30.5 Å². The number of sulfonamides is 1. The zero-order chi connectivity index (χ0) is 31.0. The van der Waals surface area contributed by atoms with Crippen LogP contribution in [0.5, 0.6) is 0 Å². The summed E-state index contributed by atoms with van der Waals surface area (Å²) in [4.78, 5) is 29.7. The Kier molecular flexibility index (Phi) is 11.0. The van der Waals surface area contributed by atoms with Gasteiger partial charge in [0.2, 0.25) is 11.8 Å². The molecular weight excluding hydrogens is 673 g/mol. The molecule has 4 aromatic carbocycles. The predicted molar refractivity (Wildman–Crippen MR) is 179 cm³/mol. The molecule has 224 valence electrons. The maximum Gasteiger partial charge on any atom is 0.264 e. The van der Waals surface area contributed by atoms with Gasteiger partial charge in [-0.1, -0.05) is 78.4 Å². The molecular formula is C34H36IN3O4S. The van der Waals surface area contributed by atoms with Crippen molar-refractivity contribution >= 4 is 50.1 Å². The van der Waals surface area contributed by atoms with Crippen molar-refractivity contribution in [3.8, 4) is 0 Å². The molecule has 0 aliphatic rings. The van der Waals surface area contributed by atoms with Gasteiger partial charge in [0.15, 0.2) is 0 Å². The fraction of sp³-hybridized carbons (Fsp3) is 0.235. The molecule has 43 heavy (non-hydrogen) atoms. The lowest BCUT2D eigenvalue weighted by molar-refractivity contribution is -0.140. The van der Waals surface area contributed by atoms with Crippen molar-refractivity contribution in [1.29, 1.82) is 0 Å². The van der Waals surface area contributed by atoms with Gasteiger partial charge in [0.1, 0.15) is 12.6 Å². The summed E-state index contributed by atoms with van der Waals surface area (Å²) in [6.07, 6.45) is 0.270. The molecule has 4 rings (SSSR count). The van der Waals surface area contributed by atoms with Crippen LogP contribution in [-0.4, -0.2) is 43.8 Å². The van der Waals surface area contributed by atoms with Gasteiger partial charge < -0.3 is 10.2 Å². The lowest BCUT2D eigenvalue weighted by Crippen LogP contribution is -2.54. The molecule has 0 spiro atoms. The van der Waals surface area contributed by atoms with Gasteiger partial charge in [-0.2, -0.15) is 0 Å². The van der Waals surface area contributed by atoms with Crippen LogP contribution in [0.2, 0.25) is 0 Å². The largest absolute Gasteiger partial charge is 0.352 e. The molecule has 0 radical (unpaired) electrons. The summed E-state index contributed by atoms with van der Waals surface area (Å²) in [5.74, 6) is -0.786. The van der Waals surface area contributed by atoms with Crippen molar-refractivity contribution in [2.75, 3.05) is 10.8 Å². The highest BCUT2D eigenvalue weighted by molar-refractivity contribution is 14.1. The average Bonchev–Trinajstić information content (AvgIpc) is 2.98. The van der Waals surface area contributed by atoms with Gasteiger partial charge in [-0.25, -0.2) is 8.42 Å². The second kappa shape index (κ2) is 14.7. The zero-order valence-corrected chi connectivity index (χ0v) is 27.5. The number of hydrogen-bond donors (Lipinski definition) is 1. The lowest BCUT2D eigenvalue weighted by Gasteiger charge is -2.34. The standard InChI is InChI=1S/C34H36IN3O4S/c1-25(2)36-34(40)32(22-27-12-6-4-7-13-27)37(23-28-14-10-11-26(3)21-28)33(39)24-38(30-19-17-29(35)18-20-30)43(41,42)31-15-8-5-9-16-31/h4-21,25,32H,22-24H2,1-3H3,(H,36,40)/t32-/m0/s1. The Morgan fingerprint density at radius 3 is 2.02 bits per heavy atom. The van der Waals surface area contributed by atoms with Crippen molar-refractivity contribution < 1.29 is 18.0 Å². The smallest absolute Gasteiger partial charge is 0.264 e. The number of carbonyl (C=O) groups excluding carboxylic acids is 2. The molecule has 9 heteroatoms. The van der Waals surface area contributed by atoms with E-state index >= 15 is 0 Å². The SMILES string of the molecule is Cc1cccc(CN(C(=O)CN(c2ccc(I)cc2)S(=O)(=O)c2ccccc2)[C@@H](Cc2ccccc2)C(=O)NC(C)C)c1. The first-order valence-electron chi connectivity index (χ1n) is 14.1. The molecule has 1 atom stereocenters. The summed E-state index contributed by atoms with van der Waals surface area (Å²) in [5.41, 5.74) is 3.11. The first-order chi connectivity index (χ1) is 20.5. The van der Waals surface area contributed by atoms with Crippen molar-refractivity contribution in [1.82, 2.24) is 10.2 Å². The molecule has 0 fully saturated rings. The molecule has 0 unspecified atom stereocenters. The molecule has 0 heterocycles. The van der Waals surface area contributed by atoms with Crippen LogP contribution in [0.4, 0.5) is 5.69 Å². The molecule has 4 aromatic rings. The first-order valence-corrected chi connectivity index (χ1v) is 16.6. The Balaban J connectivity index is 1.79. The summed E-state index contributed by atoms with van der Waals surface area (Å²) < 4.78 is 30.0. The van der Waals surface area contributed by atoms with Crippen LogP contribution >= 0.6 is 22.6 Å². The Hall–Kier alpha value is -3.70. The molecule has 0 aliphatic heterocycles. The molecule has 0 aliphatic carbocycles. The van der Waals surface area contributed by atoms with E-state index in [4.69, 9.17) is 0 Å². The maximum atomic E-state index is 14.4. The summed E-state index contributed by atoms with van der Waals surface area (Å²) >= 11 is 2.15. The molecule has 0 saturated heterocycles. The minimum Gasteiger partial charge on any atom is -0.352 e. The van der Waals surface area contributed by atoms with Crippen molar-refractivity contribution in [3.05, 3.63) is 129 Å². The van der Waals surface area contributed by atoms with E-state index in [1.54, 1.807) is 42.5 Å². The maximum absolute atomic E-state index is 14.4. The summed E-state index contributed by atoms with van der Waals surface area (Å²) in [7, 11) is -4.12. The van der Waals surface area contributed by atoms with E-state index in [1.165, 1.54) is 17.0 Å². The summed E-state index contributed by atoms with van der Waals surface area (Å²) in [6.45, 7) is 5.36. The number of aryl methyl sites for hydroxylation is 1. The summed E-state index contributed by atoms with van der Waals surface area (Å²) in [6, 6.07) is 31.3. The van der Waals surface area contributed by atoms with Crippen LogP contribution in [0.25, 0.3) is 0 Å². The van der Waals surface area contributed by atoms with Crippen LogP contribution in [-0.2, 0) is 32.6 Å². The van der Waals surface area contributed by atoms with Crippen molar-refractivity contribution in [2.24, 2.45) is 0 Å². The lowest BCUT2D eigenvalue weighted by atomic mass is 10.0. The molecule has 7 nitrogen and oxygen atoms in total. The number of amides is 2. The third-order valence-corrected chi connectivity index (χ3v) is 9.37. The number of halogens is 1. The highest BCUT2D eigenvalue weighted by atomic mass is 127. The molecule has 2 amide bonds. The molecule has 0 aromatic heterocycles. The second-order valence-electron chi connectivity index (χ2n) is 10.7. The second-order valence-corrected chi connectivity index (χ2v) is 13.8. The Morgan fingerprint density at radius 2 is 1.42 bits per heavy atom. The predicted octanol–water partition coefficient (Wildman–Crippen LogP) is 5.96. The highest BCUT2D eigenvalue weighted by Gasteiger charge is 2.34. The minimum absolute atomic E-state index is 0.0740. The Morgan fingerprint density at radius 1 is 0.814 bits per heavy atom. The van der Waals surface area contributed by atoms with Crippen molar-refractivity contribution in [3.63, 3.8) is 0 Å². The van der Waals surface area contributed by atoms with E-state index in [1.807, 2.05) is 75.4 Å². The van der Waals surface area contributed by atoms with Gasteiger partial charge in [-0.05, 0) is 90.9 Å². The van der Waals surface area contributed by atoms with E-state index in [2.05, 4.69) is 27.9 Å². The van der Waals surface area contributed by atoms with Gasteiger partial charge in [-0.15, -0.1) is 0 Å². The quantitative estimate of drug-likeness (QED) is 0.184. The van der Waals surface area contributed by atoms with Crippen LogP contribution in [0.3, 0.4) is 0 Å².